The van der Waals surface area contributed by atoms with Gasteiger partial charge in [0.25, 0.3) is 20.0 Å². The van der Waals surface area contributed by atoms with E-state index in [1.807, 2.05) is 0 Å². The molecule has 0 fully saturated rings. The van der Waals surface area contributed by atoms with Gasteiger partial charge in [-0.2, -0.15) is 0 Å². The minimum Gasteiger partial charge on any atom is -0.262 e. The predicted octanol–water partition coefficient (Wildman–Crippen LogP) is 0.681. The highest BCUT2D eigenvalue weighted by Gasteiger charge is 2.36. The Labute approximate surface area is 151 Å². The van der Waals surface area contributed by atoms with Crippen LogP contribution in [-0.2, 0) is 29.6 Å². The Bertz CT molecular complexity index is 933. The van der Waals surface area contributed by atoms with Crippen LogP contribution in [0.5, 0.6) is 0 Å². The van der Waals surface area contributed by atoms with Gasteiger partial charge in [0.1, 0.15) is 0 Å². The summed E-state index contributed by atoms with van der Waals surface area (Å²) >= 11 is 0. The Balaban J connectivity index is 2.30. The van der Waals surface area contributed by atoms with Gasteiger partial charge in [0.2, 0.25) is 0 Å². The third-order valence-electron chi connectivity index (χ3n) is 3.56. The topological polar surface area (TPSA) is 109 Å². The van der Waals surface area contributed by atoms with Crippen LogP contribution < -0.4 is 0 Å². The molecule has 2 amide bonds. The summed E-state index contributed by atoms with van der Waals surface area (Å²) in [7, 11) is -6.78. The molecule has 26 heavy (non-hydrogen) atoms. The van der Waals surface area contributed by atoms with E-state index in [-0.39, 0.29) is 18.4 Å². The summed E-state index contributed by atoms with van der Waals surface area (Å²) in [5.41, 5.74) is 0. The average molecular weight is 396 g/mol. The SMILES string of the molecule is CN(C(=O)C(=O)N(C)S(=O)(=O)c1ccccc1)S(=O)(=O)c1ccccc1. The smallest absolute Gasteiger partial charge is 0.262 e. The maximum atomic E-state index is 12.4. The van der Waals surface area contributed by atoms with Gasteiger partial charge in [0.05, 0.1) is 9.79 Å². The second-order valence-electron chi connectivity index (χ2n) is 5.18. The van der Waals surface area contributed by atoms with Crippen LogP contribution in [-0.4, -0.2) is 51.4 Å². The van der Waals surface area contributed by atoms with Gasteiger partial charge < -0.3 is 0 Å². The molecule has 0 aliphatic carbocycles. The monoisotopic (exact) mass is 396 g/mol. The van der Waals surface area contributed by atoms with Crippen LogP contribution >= 0.6 is 0 Å². The minimum absolute atomic E-state index is 0.197. The van der Waals surface area contributed by atoms with Crippen LogP contribution in [0.25, 0.3) is 0 Å². The normalized spacial score (nSPS) is 11.6. The lowest BCUT2D eigenvalue weighted by Crippen LogP contribution is -2.46. The van der Waals surface area contributed by atoms with Crippen molar-refractivity contribution < 1.29 is 26.4 Å². The van der Waals surface area contributed by atoms with Gasteiger partial charge in [-0.25, -0.2) is 25.4 Å². The van der Waals surface area contributed by atoms with E-state index in [9.17, 15) is 26.4 Å². The molecule has 0 saturated carbocycles. The standard InChI is InChI=1S/C16H16N2O6S2/c1-17(25(21,22)13-9-5-3-6-10-13)15(19)16(20)18(2)26(23,24)14-11-7-4-8-12-14/h3-12H,1-2H3. The van der Waals surface area contributed by atoms with E-state index in [1.165, 1.54) is 48.5 Å². The minimum atomic E-state index is -4.29. The second-order valence-corrected chi connectivity index (χ2v) is 9.12. The third-order valence-corrected chi connectivity index (χ3v) is 7.07. The fraction of sp³-hybridized carbons (Fsp3) is 0.125. The molecular formula is C16H16N2O6S2. The van der Waals surface area contributed by atoms with E-state index < -0.39 is 31.9 Å². The summed E-state index contributed by atoms with van der Waals surface area (Å²) in [6.07, 6.45) is 0. The summed E-state index contributed by atoms with van der Waals surface area (Å²) < 4.78 is 50.1. The molecule has 0 atom stereocenters. The van der Waals surface area contributed by atoms with E-state index >= 15 is 0 Å². The number of benzene rings is 2. The molecule has 0 aliphatic heterocycles. The zero-order chi connectivity index (χ0) is 19.5. The first-order chi connectivity index (χ1) is 12.1. The Morgan fingerprint density at radius 2 is 0.885 bits per heavy atom. The fourth-order valence-corrected chi connectivity index (χ4v) is 4.22. The largest absolute Gasteiger partial charge is 0.326 e. The number of carbonyl (C=O) groups excluding carboxylic acids is 2. The van der Waals surface area contributed by atoms with Crippen LogP contribution in [0, 0.1) is 0 Å². The van der Waals surface area contributed by atoms with E-state index in [0.717, 1.165) is 14.1 Å². The molecule has 0 radical (unpaired) electrons. The fourth-order valence-electron chi connectivity index (χ4n) is 1.99. The molecule has 10 heteroatoms. The molecule has 0 heterocycles. The number of carbonyl (C=O) groups is 2. The van der Waals surface area contributed by atoms with Gasteiger partial charge in [-0.1, -0.05) is 36.4 Å². The number of sulfonamides is 2. The van der Waals surface area contributed by atoms with Crippen LogP contribution in [0.1, 0.15) is 0 Å². The molecule has 0 bridgehead atoms. The maximum absolute atomic E-state index is 12.4. The molecule has 2 rings (SSSR count). The first-order valence-electron chi connectivity index (χ1n) is 7.26. The molecule has 2 aromatic rings. The number of likely N-dealkylation sites (N-methyl/N-ethyl adjacent to an activating group) is 2. The van der Waals surface area contributed by atoms with Gasteiger partial charge in [-0.3, -0.25) is 9.59 Å². The predicted molar refractivity (Wildman–Crippen MR) is 92.8 cm³/mol. The van der Waals surface area contributed by atoms with Crippen molar-refractivity contribution in [2.75, 3.05) is 14.1 Å². The van der Waals surface area contributed by atoms with Crippen molar-refractivity contribution in [1.29, 1.82) is 0 Å². The number of hydrogen-bond donors (Lipinski definition) is 0. The highest BCUT2D eigenvalue weighted by molar-refractivity contribution is 7.90. The molecule has 0 aliphatic rings. The highest BCUT2D eigenvalue weighted by Crippen LogP contribution is 2.17. The lowest BCUT2D eigenvalue weighted by atomic mass is 10.4. The van der Waals surface area contributed by atoms with Gasteiger partial charge in [-0.05, 0) is 24.3 Å². The van der Waals surface area contributed by atoms with Crippen molar-refractivity contribution in [2.24, 2.45) is 0 Å². The van der Waals surface area contributed by atoms with E-state index in [2.05, 4.69) is 0 Å². The van der Waals surface area contributed by atoms with Crippen molar-refractivity contribution in [1.82, 2.24) is 8.61 Å². The quantitative estimate of drug-likeness (QED) is 0.703. The highest BCUT2D eigenvalue weighted by atomic mass is 32.2. The summed E-state index contributed by atoms with van der Waals surface area (Å²) in [6, 6.07) is 14.0. The molecular weight excluding hydrogens is 380 g/mol. The molecule has 2 aromatic carbocycles. The first kappa shape index (κ1) is 19.6. The zero-order valence-corrected chi connectivity index (χ0v) is 15.6. The molecule has 138 valence electrons. The Morgan fingerprint density at radius 1 is 0.615 bits per heavy atom. The van der Waals surface area contributed by atoms with Crippen molar-refractivity contribution in [2.45, 2.75) is 9.79 Å². The zero-order valence-electron chi connectivity index (χ0n) is 13.9. The molecule has 0 aromatic heterocycles. The van der Waals surface area contributed by atoms with Crippen molar-refractivity contribution in [3.63, 3.8) is 0 Å². The van der Waals surface area contributed by atoms with Gasteiger partial charge >= 0.3 is 11.8 Å². The Kier molecular flexibility index (Phi) is 5.47. The maximum Gasteiger partial charge on any atom is 0.326 e. The van der Waals surface area contributed by atoms with Crippen LogP contribution in [0.15, 0.2) is 70.5 Å². The molecule has 0 N–H and O–H groups in total. The lowest BCUT2D eigenvalue weighted by Gasteiger charge is -2.21. The van der Waals surface area contributed by atoms with Crippen LogP contribution in [0.4, 0.5) is 0 Å². The lowest BCUT2D eigenvalue weighted by molar-refractivity contribution is -0.145. The molecule has 0 saturated heterocycles. The van der Waals surface area contributed by atoms with Gasteiger partial charge in [-0.15, -0.1) is 0 Å². The van der Waals surface area contributed by atoms with E-state index in [0.29, 0.717) is 0 Å². The number of amides is 2. The number of hydrogen-bond acceptors (Lipinski definition) is 6. The summed E-state index contributed by atoms with van der Waals surface area (Å²) in [6.45, 7) is 0. The first-order valence-corrected chi connectivity index (χ1v) is 10.1. The summed E-state index contributed by atoms with van der Waals surface area (Å²) in [5.74, 6) is -2.98. The van der Waals surface area contributed by atoms with Crippen molar-refractivity contribution >= 4 is 31.9 Å². The van der Waals surface area contributed by atoms with Crippen LogP contribution in [0.2, 0.25) is 0 Å². The average Bonchev–Trinajstić information content (AvgIpc) is 2.66. The Hall–Kier alpha value is -2.72. The van der Waals surface area contributed by atoms with E-state index in [4.69, 9.17) is 0 Å². The number of nitrogens with zero attached hydrogens (tertiary/aromatic N) is 2. The van der Waals surface area contributed by atoms with Crippen LogP contribution in [0.3, 0.4) is 0 Å². The van der Waals surface area contributed by atoms with Crippen molar-refractivity contribution in [3.05, 3.63) is 60.7 Å². The summed E-state index contributed by atoms with van der Waals surface area (Å²) in [5, 5.41) is 0. The molecule has 0 unspecified atom stereocenters. The van der Waals surface area contributed by atoms with Gasteiger partial charge in [0.15, 0.2) is 0 Å². The molecule has 8 nitrogen and oxygen atoms in total. The summed E-state index contributed by atoms with van der Waals surface area (Å²) in [4.78, 5) is 24.2. The Morgan fingerprint density at radius 3 is 1.15 bits per heavy atom. The van der Waals surface area contributed by atoms with Crippen molar-refractivity contribution in [3.8, 4) is 0 Å². The van der Waals surface area contributed by atoms with E-state index in [1.54, 1.807) is 12.1 Å². The third kappa shape index (κ3) is 3.60. The second kappa shape index (κ2) is 7.26. The van der Waals surface area contributed by atoms with Gasteiger partial charge in [0, 0.05) is 14.1 Å². The number of rotatable bonds is 4. The molecule has 0 spiro atoms.